The van der Waals surface area contributed by atoms with Crippen LogP contribution in [0, 0.1) is 0 Å². The van der Waals surface area contributed by atoms with E-state index in [9.17, 15) is 4.79 Å². The largest absolute Gasteiger partial charge is 0.382 e. The third-order valence-corrected chi connectivity index (χ3v) is 3.76. The highest BCUT2D eigenvalue weighted by Gasteiger charge is 2.23. The number of H-pyrrole nitrogens is 1. The van der Waals surface area contributed by atoms with Crippen molar-refractivity contribution in [2.24, 2.45) is 0 Å². The molecule has 0 bridgehead atoms. The molecule has 1 aliphatic heterocycles. The van der Waals surface area contributed by atoms with Gasteiger partial charge in [0.05, 0.1) is 0 Å². The number of likely N-dealkylation sites (tertiary alicyclic amines) is 1. The van der Waals surface area contributed by atoms with Crippen molar-refractivity contribution in [3.05, 3.63) is 54.4 Å². The van der Waals surface area contributed by atoms with Crippen LogP contribution >= 0.6 is 0 Å². The second-order valence-electron chi connectivity index (χ2n) is 5.16. The molecule has 1 fully saturated rings. The van der Waals surface area contributed by atoms with Gasteiger partial charge < -0.3 is 15.2 Å². The first-order chi connectivity index (χ1) is 9.83. The van der Waals surface area contributed by atoms with Crippen LogP contribution in [0.15, 0.2) is 48.7 Å². The van der Waals surface area contributed by atoms with Gasteiger partial charge in [-0.05, 0) is 37.1 Å². The fraction of sp³-hybridized carbons (Fsp3) is 0.312. The number of aromatic amines is 1. The Morgan fingerprint density at radius 2 is 1.85 bits per heavy atom. The Bertz CT molecular complexity index is 542. The van der Waals surface area contributed by atoms with Gasteiger partial charge >= 0.3 is 0 Å². The number of carbonyl (C=O) groups is 1. The topological polar surface area (TPSA) is 48.1 Å². The Morgan fingerprint density at radius 1 is 1.10 bits per heavy atom. The zero-order valence-electron chi connectivity index (χ0n) is 11.4. The van der Waals surface area contributed by atoms with E-state index in [-0.39, 0.29) is 5.91 Å². The number of hydrogen-bond acceptors (Lipinski definition) is 2. The van der Waals surface area contributed by atoms with Crippen molar-refractivity contribution in [2.45, 2.75) is 18.9 Å². The number of hydrogen-bond donors (Lipinski definition) is 2. The maximum atomic E-state index is 12.2. The number of para-hydroxylation sites is 1. The number of rotatable bonds is 3. The molecular weight excluding hydrogens is 250 g/mol. The van der Waals surface area contributed by atoms with Crippen molar-refractivity contribution in [1.82, 2.24) is 9.88 Å². The molecule has 2 heterocycles. The maximum Gasteiger partial charge on any atom is 0.270 e. The molecule has 3 rings (SSSR count). The van der Waals surface area contributed by atoms with E-state index < -0.39 is 0 Å². The number of piperidine rings is 1. The van der Waals surface area contributed by atoms with Gasteiger partial charge in [-0.1, -0.05) is 18.2 Å². The first-order valence-electron chi connectivity index (χ1n) is 7.07. The highest BCUT2D eigenvalue weighted by atomic mass is 16.2. The van der Waals surface area contributed by atoms with Gasteiger partial charge in [-0.3, -0.25) is 4.79 Å². The highest BCUT2D eigenvalue weighted by molar-refractivity contribution is 5.92. The number of amides is 1. The molecule has 1 aromatic carbocycles. The second-order valence-corrected chi connectivity index (χ2v) is 5.16. The first-order valence-corrected chi connectivity index (χ1v) is 7.07. The molecule has 1 amide bonds. The molecule has 1 aromatic heterocycles. The van der Waals surface area contributed by atoms with Gasteiger partial charge in [0.2, 0.25) is 0 Å². The number of anilines is 1. The fourth-order valence-electron chi connectivity index (χ4n) is 2.63. The predicted octanol–water partition coefficient (Wildman–Crippen LogP) is 2.73. The van der Waals surface area contributed by atoms with Gasteiger partial charge in [0.15, 0.2) is 0 Å². The summed E-state index contributed by atoms with van der Waals surface area (Å²) in [5.41, 5.74) is 1.83. The van der Waals surface area contributed by atoms with Crippen LogP contribution in [-0.2, 0) is 0 Å². The van der Waals surface area contributed by atoms with Crippen molar-refractivity contribution in [1.29, 1.82) is 0 Å². The zero-order chi connectivity index (χ0) is 13.8. The molecule has 0 spiro atoms. The lowest BCUT2D eigenvalue weighted by molar-refractivity contribution is 0.0713. The third kappa shape index (κ3) is 2.85. The standard InChI is InChI=1S/C16H19N3O/c20-16(15-7-4-10-17-15)19-11-8-14(9-12-19)18-13-5-2-1-3-6-13/h1-7,10,14,17-18H,8-9,11-12H2. The number of nitrogens with one attached hydrogen (secondary N) is 2. The molecule has 4 nitrogen and oxygen atoms in total. The highest BCUT2D eigenvalue weighted by Crippen LogP contribution is 2.17. The average Bonchev–Trinajstić information content (AvgIpc) is 3.03. The molecule has 1 saturated heterocycles. The Labute approximate surface area is 118 Å². The van der Waals surface area contributed by atoms with Gasteiger partial charge in [-0.25, -0.2) is 0 Å². The summed E-state index contributed by atoms with van der Waals surface area (Å²) < 4.78 is 0. The summed E-state index contributed by atoms with van der Waals surface area (Å²) in [5, 5.41) is 3.53. The van der Waals surface area contributed by atoms with E-state index in [1.807, 2.05) is 35.2 Å². The smallest absolute Gasteiger partial charge is 0.270 e. The van der Waals surface area contributed by atoms with Crippen LogP contribution in [0.1, 0.15) is 23.3 Å². The van der Waals surface area contributed by atoms with E-state index in [1.165, 1.54) is 0 Å². The molecule has 0 unspecified atom stereocenters. The lowest BCUT2D eigenvalue weighted by Gasteiger charge is -2.32. The van der Waals surface area contributed by atoms with Crippen LogP contribution < -0.4 is 5.32 Å². The Hall–Kier alpha value is -2.23. The molecule has 0 atom stereocenters. The molecule has 2 N–H and O–H groups in total. The molecule has 104 valence electrons. The third-order valence-electron chi connectivity index (χ3n) is 3.76. The lowest BCUT2D eigenvalue weighted by atomic mass is 10.0. The normalized spacial score (nSPS) is 16.1. The van der Waals surface area contributed by atoms with Gasteiger partial charge in [0, 0.05) is 31.0 Å². The van der Waals surface area contributed by atoms with Crippen molar-refractivity contribution >= 4 is 11.6 Å². The Kier molecular flexibility index (Phi) is 3.72. The summed E-state index contributed by atoms with van der Waals surface area (Å²) in [6.07, 6.45) is 3.76. The SMILES string of the molecule is O=C(c1ccc[nH]1)N1CCC(Nc2ccccc2)CC1. The van der Waals surface area contributed by atoms with Crippen molar-refractivity contribution in [2.75, 3.05) is 18.4 Å². The summed E-state index contributed by atoms with van der Waals surface area (Å²) in [5.74, 6) is 0.105. The van der Waals surface area contributed by atoms with Crippen LogP contribution in [0.2, 0.25) is 0 Å². The first kappa shape index (κ1) is 12.8. The van der Waals surface area contributed by atoms with Gasteiger partial charge in [-0.2, -0.15) is 0 Å². The monoisotopic (exact) mass is 269 g/mol. The minimum absolute atomic E-state index is 0.105. The van der Waals surface area contributed by atoms with E-state index in [2.05, 4.69) is 22.4 Å². The molecule has 4 heteroatoms. The van der Waals surface area contributed by atoms with Crippen LogP contribution in [0.25, 0.3) is 0 Å². The number of nitrogens with zero attached hydrogens (tertiary/aromatic N) is 1. The van der Waals surface area contributed by atoms with E-state index in [0.29, 0.717) is 11.7 Å². The number of carbonyl (C=O) groups excluding carboxylic acids is 1. The summed E-state index contributed by atoms with van der Waals surface area (Å²) in [6.45, 7) is 1.62. The Morgan fingerprint density at radius 3 is 2.50 bits per heavy atom. The fourth-order valence-corrected chi connectivity index (χ4v) is 2.63. The Balaban J connectivity index is 1.53. The van der Waals surface area contributed by atoms with E-state index in [4.69, 9.17) is 0 Å². The van der Waals surface area contributed by atoms with E-state index in [1.54, 1.807) is 6.20 Å². The average molecular weight is 269 g/mol. The molecule has 0 radical (unpaired) electrons. The predicted molar refractivity (Wildman–Crippen MR) is 79.8 cm³/mol. The van der Waals surface area contributed by atoms with Crippen LogP contribution in [0.3, 0.4) is 0 Å². The van der Waals surface area contributed by atoms with Crippen LogP contribution in [-0.4, -0.2) is 34.9 Å². The van der Waals surface area contributed by atoms with Crippen LogP contribution in [0.4, 0.5) is 5.69 Å². The second kappa shape index (κ2) is 5.82. The molecule has 0 aliphatic carbocycles. The minimum Gasteiger partial charge on any atom is -0.382 e. The van der Waals surface area contributed by atoms with Gasteiger partial charge in [0.1, 0.15) is 5.69 Å². The van der Waals surface area contributed by atoms with Crippen LogP contribution in [0.5, 0.6) is 0 Å². The summed E-state index contributed by atoms with van der Waals surface area (Å²) in [4.78, 5) is 17.1. The number of benzene rings is 1. The molecular formula is C16H19N3O. The van der Waals surface area contributed by atoms with Crippen molar-refractivity contribution in [3.63, 3.8) is 0 Å². The van der Waals surface area contributed by atoms with E-state index in [0.717, 1.165) is 31.6 Å². The molecule has 2 aromatic rings. The molecule has 1 aliphatic rings. The van der Waals surface area contributed by atoms with Gasteiger partial charge in [0.25, 0.3) is 5.91 Å². The maximum absolute atomic E-state index is 12.2. The summed E-state index contributed by atoms with van der Waals surface area (Å²) >= 11 is 0. The molecule has 20 heavy (non-hydrogen) atoms. The van der Waals surface area contributed by atoms with E-state index >= 15 is 0 Å². The molecule has 0 saturated carbocycles. The van der Waals surface area contributed by atoms with Gasteiger partial charge in [-0.15, -0.1) is 0 Å². The van der Waals surface area contributed by atoms with Crippen molar-refractivity contribution < 1.29 is 4.79 Å². The zero-order valence-corrected chi connectivity index (χ0v) is 11.4. The van der Waals surface area contributed by atoms with Crippen molar-refractivity contribution in [3.8, 4) is 0 Å². The number of aromatic nitrogens is 1. The minimum atomic E-state index is 0.105. The summed E-state index contributed by atoms with van der Waals surface area (Å²) in [7, 11) is 0. The lowest BCUT2D eigenvalue weighted by Crippen LogP contribution is -2.42. The summed E-state index contributed by atoms with van der Waals surface area (Å²) in [6, 6.07) is 14.4. The quantitative estimate of drug-likeness (QED) is 0.900.